The third kappa shape index (κ3) is 6.88. The highest BCUT2D eigenvalue weighted by atomic mass is 16.5. The molecule has 0 unspecified atom stereocenters. The van der Waals surface area contributed by atoms with Gasteiger partial charge in [0.2, 0.25) is 0 Å². The Morgan fingerprint density at radius 1 is 1.17 bits per heavy atom. The average Bonchev–Trinajstić information content (AvgIpc) is 2.93. The summed E-state index contributed by atoms with van der Waals surface area (Å²) in [5, 5.41) is 0. The van der Waals surface area contributed by atoms with Crippen molar-refractivity contribution in [3.8, 4) is 11.8 Å². The van der Waals surface area contributed by atoms with Gasteiger partial charge >= 0.3 is 5.97 Å². The van der Waals surface area contributed by atoms with E-state index in [2.05, 4.69) is 51.7 Å². The predicted molar refractivity (Wildman–Crippen MR) is 123 cm³/mol. The second-order valence-corrected chi connectivity index (χ2v) is 9.51. The van der Waals surface area contributed by atoms with Gasteiger partial charge in [-0.2, -0.15) is 0 Å². The molecule has 0 N–H and O–H groups in total. The Kier molecular flexibility index (Phi) is 9.43. The minimum Gasteiger partial charge on any atom is -0.449 e. The number of unbranched alkanes of at least 4 members (excludes halogenated alkanes) is 3. The van der Waals surface area contributed by atoms with Crippen molar-refractivity contribution in [3.05, 3.63) is 35.9 Å². The van der Waals surface area contributed by atoms with Gasteiger partial charge in [0.15, 0.2) is 6.10 Å². The van der Waals surface area contributed by atoms with E-state index < -0.39 is 0 Å². The van der Waals surface area contributed by atoms with Crippen LogP contribution in [0.3, 0.4) is 0 Å². The molecule has 1 fully saturated rings. The molecule has 166 valence electrons. The van der Waals surface area contributed by atoms with Crippen LogP contribution in [0.25, 0.3) is 0 Å². The number of ether oxygens (including phenoxy) is 2. The van der Waals surface area contributed by atoms with Crippen molar-refractivity contribution in [1.29, 1.82) is 0 Å². The van der Waals surface area contributed by atoms with Gasteiger partial charge in [-0.05, 0) is 49.5 Å². The molecule has 0 heterocycles. The predicted octanol–water partition coefficient (Wildman–Crippen LogP) is 6.55. The summed E-state index contributed by atoms with van der Waals surface area (Å²) in [6.07, 6.45) is 7.33. The Hall–Kier alpha value is -1.79. The Morgan fingerprint density at radius 2 is 1.90 bits per heavy atom. The molecule has 1 aliphatic rings. The molecule has 0 aromatic heterocycles. The topological polar surface area (TPSA) is 35.5 Å². The van der Waals surface area contributed by atoms with E-state index in [0.29, 0.717) is 12.5 Å². The molecule has 0 bridgehead atoms. The highest BCUT2D eigenvalue weighted by Crippen LogP contribution is 2.55. The van der Waals surface area contributed by atoms with Crippen LogP contribution in [0.15, 0.2) is 30.3 Å². The first-order valence-electron chi connectivity index (χ1n) is 11.6. The van der Waals surface area contributed by atoms with E-state index in [0.717, 1.165) is 32.3 Å². The molecule has 3 heteroatoms. The van der Waals surface area contributed by atoms with Crippen LogP contribution >= 0.6 is 0 Å². The second kappa shape index (κ2) is 11.6. The quantitative estimate of drug-likeness (QED) is 0.248. The Balaban J connectivity index is 1.97. The fourth-order valence-electron chi connectivity index (χ4n) is 4.36. The van der Waals surface area contributed by atoms with Gasteiger partial charge in [0.1, 0.15) is 0 Å². The molecule has 0 saturated heterocycles. The van der Waals surface area contributed by atoms with Gasteiger partial charge in [0, 0.05) is 12.3 Å². The monoisotopic (exact) mass is 412 g/mol. The molecule has 0 spiro atoms. The van der Waals surface area contributed by atoms with Crippen molar-refractivity contribution in [2.45, 2.75) is 92.3 Å². The van der Waals surface area contributed by atoms with Crippen LogP contribution < -0.4 is 0 Å². The highest BCUT2D eigenvalue weighted by molar-refractivity contribution is 5.66. The first-order chi connectivity index (χ1) is 14.3. The van der Waals surface area contributed by atoms with E-state index in [-0.39, 0.29) is 22.9 Å². The number of carbonyl (C=O) groups is 1. The van der Waals surface area contributed by atoms with E-state index in [4.69, 9.17) is 9.47 Å². The van der Waals surface area contributed by atoms with Crippen LogP contribution in [-0.4, -0.2) is 18.7 Å². The van der Waals surface area contributed by atoms with Gasteiger partial charge in [-0.3, -0.25) is 4.79 Å². The zero-order valence-corrected chi connectivity index (χ0v) is 19.6. The normalized spacial score (nSPS) is 23.4. The molecule has 0 aliphatic heterocycles. The molecule has 3 atom stereocenters. The minimum atomic E-state index is -0.291. The minimum absolute atomic E-state index is 0.0413. The number of carbonyl (C=O) groups excluding carboxylic acids is 1. The van der Waals surface area contributed by atoms with E-state index in [1.807, 2.05) is 18.2 Å². The largest absolute Gasteiger partial charge is 0.449 e. The highest BCUT2D eigenvalue weighted by Gasteiger charge is 2.50. The maximum absolute atomic E-state index is 11.5. The fourth-order valence-corrected chi connectivity index (χ4v) is 4.36. The average molecular weight is 413 g/mol. The molecule has 30 heavy (non-hydrogen) atoms. The zero-order valence-electron chi connectivity index (χ0n) is 19.6. The summed E-state index contributed by atoms with van der Waals surface area (Å²) in [5.41, 5.74) is 1.15. The summed E-state index contributed by atoms with van der Waals surface area (Å²) >= 11 is 0. The third-order valence-corrected chi connectivity index (χ3v) is 7.00. The summed E-state index contributed by atoms with van der Waals surface area (Å²) in [6, 6.07) is 10.3. The lowest BCUT2D eigenvalue weighted by Crippen LogP contribution is -2.35. The van der Waals surface area contributed by atoms with Crippen molar-refractivity contribution >= 4 is 5.97 Å². The Bertz CT molecular complexity index is 713. The molecule has 1 aromatic rings. The smallest absolute Gasteiger partial charge is 0.303 e. The molecule has 1 aliphatic carbocycles. The van der Waals surface area contributed by atoms with Crippen LogP contribution in [0.1, 0.15) is 85.1 Å². The summed E-state index contributed by atoms with van der Waals surface area (Å²) in [4.78, 5) is 11.5. The molecule has 2 rings (SSSR count). The van der Waals surface area contributed by atoms with Gasteiger partial charge in [0.05, 0.1) is 13.2 Å². The fraction of sp³-hybridized carbons (Fsp3) is 0.667. The van der Waals surface area contributed by atoms with Gasteiger partial charge < -0.3 is 9.47 Å². The van der Waals surface area contributed by atoms with E-state index in [9.17, 15) is 4.79 Å². The molecule has 1 saturated carbocycles. The van der Waals surface area contributed by atoms with E-state index >= 15 is 0 Å². The van der Waals surface area contributed by atoms with Crippen molar-refractivity contribution < 1.29 is 14.3 Å². The van der Waals surface area contributed by atoms with Crippen molar-refractivity contribution in [2.75, 3.05) is 6.61 Å². The lowest BCUT2D eigenvalue weighted by molar-refractivity contribution is -0.144. The van der Waals surface area contributed by atoms with Crippen molar-refractivity contribution in [3.63, 3.8) is 0 Å². The van der Waals surface area contributed by atoms with Crippen molar-refractivity contribution in [1.82, 2.24) is 0 Å². The summed E-state index contributed by atoms with van der Waals surface area (Å²) in [7, 11) is 0. The first kappa shape index (κ1) is 24.5. The van der Waals surface area contributed by atoms with Gasteiger partial charge in [-0.15, -0.1) is 0 Å². The lowest BCUT2D eigenvalue weighted by atomic mass is 9.66. The van der Waals surface area contributed by atoms with Crippen LogP contribution in [-0.2, 0) is 20.9 Å². The summed E-state index contributed by atoms with van der Waals surface area (Å²) in [5.74, 6) is 7.11. The molecule has 3 nitrogen and oxygen atoms in total. The van der Waals surface area contributed by atoms with Crippen LogP contribution in [0, 0.1) is 28.6 Å². The number of hydrogen-bond donors (Lipinski definition) is 0. The number of benzene rings is 1. The molecule has 0 amide bonds. The zero-order chi connectivity index (χ0) is 22.0. The molecule has 1 aromatic carbocycles. The standard InChI is InChI=1S/C27H40O3/c1-6-7-8-12-15-25(30-22(2)28)17-19-27(5)18-16-24(26(27,3)4)21-29-20-23-13-10-9-11-14-23/h9-11,13-14,24-25H,6-8,12,15-16,18,20-21H2,1-5H3/t24-,25-,27+/m1/s1. The van der Waals surface area contributed by atoms with E-state index in [1.165, 1.54) is 31.7 Å². The summed E-state index contributed by atoms with van der Waals surface area (Å²) < 4.78 is 11.6. The van der Waals surface area contributed by atoms with Gasteiger partial charge in [-0.1, -0.05) is 82.2 Å². The van der Waals surface area contributed by atoms with Crippen LogP contribution in [0.2, 0.25) is 0 Å². The van der Waals surface area contributed by atoms with E-state index in [1.54, 1.807) is 0 Å². The number of rotatable bonds is 10. The molecule has 0 radical (unpaired) electrons. The first-order valence-corrected chi connectivity index (χ1v) is 11.6. The summed E-state index contributed by atoms with van der Waals surface area (Å²) in [6.45, 7) is 12.0. The Morgan fingerprint density at radius 3 is 2.57 bits per heavy atom. The third-order valence-electron chi connectivity index (χ3n) is 7.00. The van der Waals surface area contributed by atoms with Gasteiger partial charge in [-0.25, -0.2) is 0 Å². The lowest BCUT2D eigenvalue weighted by Gasteiger charge is -2.38. The maximum Gasteiger partial charge on any atom is 0.303 e. The maximum atomic E-state index is 11.5. The molecular formula is C27H40O3. The van der Waals surface area contributed by atoms with Crippen molar-refractivity contribution in [2.24, 2.45) is 16.7 Å². The van der Waals surface area contributed by atoms with Gasteiger partial charge in [0.25, 0.3) is 0 Å². The number of esters is 1. The van der Waals surface area contributed by atoms with Crippen LogP contribution in [0.4, 0.5) is 0 Å². The second-order valence-electron chi connectivity index (χ2n) is 9.51. The number of hydrogen-bond acceptors (Lipinski definition) is 3. The Labute approximate surface area is 183 Å². The van der Waals surface area contributed by atoms with Crippen LogP contribution in [0.5, 0.6) is 0 Å². The molecular weight excluding hydrogens is 372 g/mol. The SMILES string of the molecule is CCCCCC[C@H](C#C[C@]1(C)CC[C@H](COCc2ccccc2)C1(C)C)OC(C)=O.